The van der Waals surface area contributed by atoms with E-state index < -0.39 is 0 Å². The fourth-order valence-corrected chi connectivity index (χ4v) is 4.02. The first-order valence-electron chi connectivity index (χ1n) is 8.19. The second-order valence-corrected chi connectivity index (χ2v) is 6.54. The standard InChI is InChI=1S/C16H32N2O/c1-4-15(5-2)14-18(11-8-12-19-3)16(13-17-15)9-6-7-10-16/h17H,4-14H2,1-3H3. The summed E-state index contributed by atoms with van der Waals surface area (Å²) >= 11 is 0. The van der Waals surface area contributed by atoms with Crippen molar-refractivity contribution in [3.05, 3.63) is 0 Å². The highest BCUT2D eigenvalue weighted by atomic mass is 16.5. The normalized spacial score (nSPS) is 26.1. The monoisotopic (exact) mass is 268 g/mol. The molecule has 1 N–H and O–H groups in total. The lowest BCUT2D eigenvalue weighted by molar-refractivity contribution is -0.000536. The van der Waals surface area contributed by atoms with Crippen LogP contribution in [-0.2, 0) is 4.74 Å². The van der Waals surface area contributed by atoms with Gasteiger partial charge in [0.05, 0.1) is 0 Å². The Morgan fingerprint density at radius 1 is 1.16 bits per heavy atom. The molecular weight excluding hydrogens is 236 g/mol. The summed E-state index contributed by atoms with van der Waals surface area (Å²) in [5.41, 5.74) is 0.808. The van der Waals surface area contributed by atoms with Crippen molar-refractivity contribution in [3.8, 4) is 0 Å². The topological polar surface area (TPSA) is 24.5 Å². The zero-order valence-electron chi connectivity index (χ0n) is 13.1. The van der Waals surface area contributed by atoms with Gasteiger partial charge in [0.25, 0.3) is 0 Å². The average molecular weight is 268 g/mol. The number of nitrogens with zero attached hydrogens (tertiary/aromatic N) is 1. The van der Waals surface area contributed by atoms with Gasteiger partial charge in [-0.05, 0) is 32.1 Å². The van der Waals surface area contributed by atoms with E-state index in [1.54, 1.807) is 0 Å². The van der Waals surface area contributed by atoms with Crippen LogP contribution < -0.4 is 5.32 Å². The average Bonchev–Trinajstić information content (AvgIpc) is 2.91. The van der Waals surface area contributed by atoms with Gasteiger partial charge in [-0.15, -0.1) is 0 Å². The molecule has 3 heteroatoms. The van der Waals surface area contributed by atoms with E-state index in [0.29, 0.717) is 11.1 Å². The Balaban J connectivity index is 2.05. The molecule has 0 bridgehead atoms. The molecule has 112 valence electrons. The lowest BCUT2D eigenvalue weighted by Gasteiger charge is -2.53. The van der Waals surface area contributed by atoms with Gasteiger partial charge in [0.2, 0.25) is 0 Å². The molecule has 0 atom stereocenters. The van der Waals surface area contributed by atoms with Crippen molar-refractivity contribution in [2.24, 2.45) is 0 Å². The van der Waals surface area contributed by atoms with E-state index in [-0.39, 0.29) is 0 Å². The first-order valence-corrected chi connectivity index (χ1v) is 8.19. The van der Waals surface area contributed by atoms with Gasteiger partial charge < -0.3 is 10.1 Å². The second kappa shape index (κ2) is 6.55. The van der Waals surface area contributed by atoms with Gasteiger partial charge in [0, 0.05) is 44.4 Å². The third kappa shape index (κ3) is 3.14. The van der Waals surface area contributed by atoms with E-state index in [9.17, 15) is 0 Å². The van der Waals surface area contributed by atoms with Gasteiger partial charge >= 0.3 is 0 Å². The third-order valence-electron chi connectivity index (χ3n) is 5.62. The largest absolute Gasteiger partial charge is 0.385 e. The zero-order chi connectivity index (χ0) is 13.8. The number of hydrogen-bond donors (Lipinski definition) is 1. The summed E-state index contributed by atoms with van der Waals surface area (Å²) in [6.07, 6.45) is 9.23. The summed E-state index contributed by atoms with van der Waals surface area (Å²) in [5.74, 6) is 0. The highest BCUT2D eigenvalue weighted by Crippen LogP contribution is 2.39. The molecule has 1 aliphatic heterocycles. The van der Waals surface area contributed by atoms with Crippen LogP contribution in [0.2, 0.25) is 0 Å². The first kappa shape index (κ1) is 15.3. The van der Waals surface area contributed by atoms with Gasteiger partial charge in [-0.25, -0.2) is 0 Å². The number of hydrogen-bond acceptors (Lipinski definition) is 3. The van der Waals surface area contributed by atoms with E-state index in [1.807, 2.05) is 7.11 Å². The highest BCUT2D eigenvalue weighted by Gasteiger charge is 2.46. The summed E-state index contributed by atoms with van der Waals surface area (Å²) in [6, 6.07) is 0. The smallest absolute Gasteiger partial charge is 0.0474 e. The molecule has 1 saturated carbocycles. The Labute approximate surface area is 119 Å². The van der Waals surface area contributed by atoms with Crippen LogP contribution in [0.4, 0.5) is 0 Å². The Kier molecular flexibility index (Phi) is 5.27. The van der Waals surface area contributed by atoms with Gasteiger partial charge in [-0.1, -0.05) is 26.7 Å². The number of piperazine rings is 1. The lowest BCUT2D eigenvalue weighted by Crippen LogP contribution is -2.69. The summed E-state index contributed by atoms with van der Waals surface area (Å²) < 4.78 is 5.25. The predicted octanol–water partition coefficient (Wildman–Crippen LogP) is 2.80. The van der Waals surface area contributed by atoms with Gasteiger partial charge in [-0.2, -0.15) is 0 Å². The summed E-state index contributed by atoms with van der Waals surface area (Å²) in [7, 11) is 1.81. The van der Waals surface area contributed by atoms with Crippen LogP contribution in [0.1, 0.15) is 58.8 Å². The fourth-order valence-electron chi connectivity index (χ4n) is 4.02. The minimum atomic E-state index is 0.348. The molecule has 1 spiro atoms. The molecule has 0 aromatic rings. The molecule has 19 heavy (non-hydrogen) atoms. The second-order valence-electron chi connectivity index (χ2n) is 6.54. The van der Waals surface area contributed by atoms with Crippen LogP contribution in [0.3, 0.4) is 0 Å². The predicted molar refractivity (Wildman–Crippen MR) is 80.6 cm³/mol. The van der Waals surface area contributed by atoms with Crippen LogP contribution in [-0.4, -0.2) is 49.3 Å². The zero-order valence-corrected chi connectivity index (χ0v) is 13.1. The fraction of sp³-hybridized carbons (Fsp3) is 1.00. The number of rotatable bonds is 6. The van der Waals surface area contributed by atoms with Crippen molar-refractivity contribution in [2.45, 2.75) is 69.9 Å². The van der Waals surface area contributed by atoms with E-state index >= 15 is 0 Å². The third-order valence-corrected chi connectivity index (χ3v) is 5.62. The molecule has 0 radical (unpaired) electrons. The van der Waals surface area contributed by atoms with Gasteiger partial charge in [-0.3, -0.25) is 4.90 Å². The Hall–Kier alpha value is -0.120. The maximum absolute atomic E-state index is 5.25. The Bertz CT molecular complexity index is 270. The molecule has 2 aliphatic rings. The van der Waals surface area contributed by atoms with Crippen molar-refractivity contribution >= 4 is 0 Å². The molecular formula is C16H32N2O. The van der Waals surface area contributed by atoms with Crippen molar-refractivity contribution in [3.63, 3.8) is 0 Å². The van der Waals surface area contributed by atoms with Crippen molar-refractivity contribution in [2.75, 3.05) is 33.4 Å². The van der Waals surface area contributed by atoms with Crippen LogP contribution in [0.15, 0.2) is 0 Å². The molecule has 1 heterocycles. The van der Waals surface area contributed by atoms with E-state index in [1.165, 1.54) is 64.6 Å². The van der Waals surface area contributed by atoms with Gasteiger partial charge in [0.1, 0.15) is 0 Å². The maximum Gasteiger partial charge on any atom is 0.0474 e. The van der Waals surface area contributed by atoms with Crippen LogP contribution >= 0.6 is 0 Å². The number of nitrogens with one attached hydrogen (secondary N) is 1. The van der Waals surface area contributed by atoms with Crippen LogP contribution in [0, 0.1) is 0 Å². The van der Waals surface area contributed by atoms with E-state index in [2.05, 4.69) is 24.1 Å². The molecule has 0 aromatic carbocycles. The Morgan fingerprint density at radius 2 is 1.84 bits per heavy atom. The molecule has 1 saturated heterocycles. The summed E-state index contributed by atoms with van der Waals surface area (Å²) in [5, 5.41) is 3.91. The Morgan fingerprint density at radius 3 is 2.42 bits per heavy atom. The number of methoxy groups -OCH3 is 1. The van der Waals surface area contributed by atoms with Gasteiger partial charge in [0.15, 0.2) is 0 Å². The molecule has 0 aromatic heterocycles. The van der Waals surface area contributed by atoms with Crippen molar-refractivity contribution in [1.82, 2.24) is 10.2 Å². The molecule has 1 aliphatic carbocycles. The van der Waals surface area contributed by atoms with Crippen molar-refractivity contribution < 1.29 is 4.74 Å². The molecule has 2 fully saturated rings. The van der Waals surface area contributed by atoms with Crippen LogP contribution in [0.25, 0.3) is 0 Å². The highest BCUT2D eigenvalue weighted by molar-refractivity contribution is 5.06. The molecule has 0 amide bonds. The van der Waals surface area contributed by atoms with Crippen LogP contribution in [0.5, 0.6) is 0 Å². The van der Waals surface area contributed by atoms with Crippen molar-refractivity contribution in [1.29, 1.82) is 0 Å². The first-order chi connectivity index (χ1) is 9.20. The minimum Gasteiger partial charge on any atom is -0.385 e. The minimum absolute atomic E-state index is 0.348. The molecule has 0 unspecified atom stereocenters. The molecule has 3 nitrogen and oxygen atoms in total. The number of ether oxygens (including phenoxy) is 1. The lowest BCUT2D eigenvalue weighted by atomic mass is 9.82. The SMILES string of the molecule is CCC1(CC)CN(CCCOC)C2(CCCC2)CN1. The summed E-state index contributed by atoms with van der Waals surface area (Å²) in [6.45, 7) is 9.18. The maximum atomic E-state index is 5.25. The van der Waals surface area contributed by atoms with E-state index in [0.717, 1.165) is 6.61 Å². The van der Waals surface area contributed by atoms with E-state index in [4.69, 9.17) is 4.74 Å². The quantitative estimate of drug-likeness (QED) is 0.750. The summed E-state index contributed by atoms with van der Waals surface area (Å²) in [4.78, 5) is 2.81. The molecule has 2 rings (SSSR count).